The minimum atomic E-state index is -3.56. The molecule has 31 heavy (non-hydrogen) atoms. The van der Waals surface area contributed by atoms with Gasteiger partial charge in [0.15, 0.2) is 0 Å². The van der Waals surface area contributed by atoms with Gasteiger partial charge in [0, 0.05) is 39.3 Å². The fraction of sp³-hybridized carbons (Fsp3) is 0.696. The first-order valence-corrected chi connectivity index (χ1v) is 12.7. The van der Waals surface area contributed by atoms with Crippen LogP contribution < -0.4 is 0 Å². The number of sulfonamides is 1. The highest BCUT2D eigenvalue weighted by molar-refractivity contribution is 7.89. The first kappa shape index (κ1) is 24.2. The van der Waals surface area contributed by atoms with E-state index >= 15 is 0 Å². The smallest absolute Gasteiger partial charge is 0.243 e. The molecule has 1 amide bonds. The molecule has 0 aromatic heterocycles. The quantitative estimate of drug-likeness (QED) is 0.687. The SMILES string of the molecule is Cc1ccc(S(=O)(=O)N2CCN(C(=O)C(C(C)C)N3CC(C)OC(C)C3)CC2)c(C)c1. The highest BCUT2D eigenvalue weighted by Crippen LogP contribution is 2.24. The van der Waals surface area contributed by atoms with Crippen LogP contribution >= 0.6 is 0 Å². The summed E-state index contributed by atoms with van der Waals surface area (Å²) in [5.74, 6) is 0.266. The van der Waals surface area contributed by atoms with Crippen LogP contribution in [0.25, 0.3) is 0 Å². The van der Waals surface area contributed by atoms with Gasteiger partial charge in [0.25, 0.3) is 0 Å². The Kier molecular flexibility index (Phi) is 7.46. The van der Waals surface area contributed by atoms with Crippen molar-refractivity contribution in [2.45, 2.75) is 64.7 Å². The number of morpholine rings is 1. The van der Waals surface area contributed by atoms with Crippen molar-refractivity contribution in [3.63, 3.8) is 0 Å². The van der Waals surface area contributed by atoms with E-state index in [-0.39, 0.29) is 30.1 Å². The summed E-state index contributed by atoms with van der Waals surface area (Å²) >= 11 is 0. The van der Waals surface area contributed by atoms with Gasteiger partial charge in [0.2, 0.25) is 15.9 Å². The minimum Gasteiger partial charge on any atom is -0.373 e. The molecule has 2 saturated heterocycles. The number of aryl methyl sites for hydroxylation is 2. The topological polar surface area (TPSA) is 70.2 Å². The first-order chi connectivity index (χ1) is 14.5. The molecule has 0 bridgehead atoms. The van der Waals surface area contributed by atoms with Gasteiger partial charge in [0.1, 0.15) is 0 Å². The van der Waals surface area contributed by atoms with Crippen LogP contribution in [0.1, 0.15) is 38.8 Å². The van der Waals surface area contributed by atoms with E-state index in [9.17, 15) is 13.2 Å². The van der Waals surface area contributed by atoms with E-state index in [1.165, 1.54) is 4.31 Å². The van der Waals surface area contributed by atoms with Crippen LogP contribution in [0.2, 0.25) is 0 Å². The van der Waals surface area contributed by atoms with Crippen LogP contribution in [0.5, 0.6) is 0 Å². The standard InChI is InChI=1S/C23H37N3O4S/c1-16(2)22(25-14-19(5)30-20(6)15-25)23(27)24-9-11-26(12-10-24)31(28,29)21-8-7-17(3)13-18(21)4/h7-8,13,16,19-20,22H,9-12,14-15H2,1-6H3. The fourth-order valence-corrected chi connectivity index (χ4v) is 6.50. The summed E-state index contributed by atoms with van der Waals surface area (Å²) in [6, 6.07) is 5.20. The number of carbonyl (C=O) groups is 1. The maximum atomic E-state index is 13.4. The van der Waals surface area contributed by atoms with E-state index in [0.29, 0.717) is 31.1 Å². The monoisotopic (exact) mass is 451 g/mol. The zero-order valence-electron chi connectivity index (χ0n) is 19.7. The van der Waals surface area contributed by atoms with Crippen molar-refractivity contribution in [2.75, 3.05) is 39.3 Å². The van der Waals surface area contributed by atoms with Crippen molar-refractivity contribution in [3.05, 3.63) is 29.3 Å². The molecule has 0 N–H and O–H groups in total. The Labute approximate surface area is 187 Å². The molecule has 2 aliphatic heterocycles. The van der Waals surface area contributed by atoms with Crippen molar-refractivity contribution in [2.24, 2.45) is 5.92 Å². The number of rotatable bonds is 5. The third-order valence-corrected chi connectivity index (χ3v) is 8.28. The number of hydrogen-bond acceptors (Lipinski definition) is 5. The van der Waals surface area contributed by atoms with Gasteiger partial charge in [-0.1, -0.05) is 31.5 Å². The lowest BCUT2D eigenvalue weighted by Crippen LogP contribution is -2.60. The van der Waals surface area contributed by atoms with Crippen molar-refractivity contribution in [3.8, 4) is 0 Å². The van der Waals surface area contributed by atoms with Gasteiger partial charge in [-0.3, -0.25) is 9.69 Å². The number of hydrogen-bond donors (Lipinski definition) is 0. The molecule has 0 radical (unpaired) electrons. The van der Waals surface area contributed by atoms with Gasteiger partial charge in [-0.15, -0.1) is 0 Å². The van der Waals surface area contributed by atoms with Crippen LogP contribution in [0.4, 0.5) is 0 Å². The normalized spacial score (nSPS) is 25.1. The predicted octanol–water partition coefficient (Wildman–Crippen LogP) is 2.27. The largest absolute Gasteiger partial charge is 0.373 e. The lowest BCUT2D eigenvalue weighted by molar-refractivity contribution is -0.146. The summed E-state index contributed by atoms with van der Waals surface area (Å²) in [6.07, 6.45) is 0.190. The Morgan fingerprint density at radius 3 is 2.13 bits per heavy atom. The van der Waals surface area contributed by atoms with Gasteiger partial charge < -0.3 is 9.64 Å². The predicted molar refractivity (Wildman–Crippen MR) is 121 cm³/mol. The second-order valence-electron chi connectivity index (χ2n) is 9.40. The number of carbonyl (C=O) groups excluding carboxylic acids is 1. The molecular weight excluding hydrogens is 414 g/mol. The van der Waals surface area contributed by atoms with E-state index in [1.807, 2.05) is 44.7 Å². The van der Waals surface area contributed by atoms with Crippen molar-refractivity contribution in [1.29, 1.82) is 0 Å². The molecule has 1 aromatic carbocycles. The zero-order chi connectivity index (χ0) is 22.9. The maximum Gasteiger partial charge on any atom is 0.243 e. The van der Waals surface area contributed by atoms with Gasteiger partial charge in [-0.2, -0.15) is 4.31 Å². The average Bonchev–Trinajstić information content (AvgIpc) is 2.66. The Morgan fingerprint density at radius 1 is 1.03 bits per heavy atom. The summed E-state index contributed by atoms with van der Waals surface area (Å²) in [4.78, 5) is 17.9. The lowest BCUT2D eigenvalue weighted by atomic mass is 9.98. The average molecular weight is 452 g/mol. The number of piperazine rings is 1. The summed E-state index contributed by atoms with van der Waals surface area (Å²) < 4.78 is 33.7. The second kappa shape index (κ2) is 9.57. The molecule has 8 heteroatoms. The first-order valence-electron chi connectivity index (χ1n) is 11.3. The third kappa shape index (κ3) is 5.30. The van der Waals surface area contributed by atoms with Crippen LogP contribution in [0.15, 0.2) is 23.1 Å². The van der Waals surface area contributed by atoms with Crippen LogP contribution in [0.3, 0.4) is 0 Å². The second-order valence-corrected chi connectivity index (χ2v) is 11.3. The minimum absolute atomic E-state index is 0.0949. The molecule has 0 spiro atoms. The Hall–Kier alpha value is -1.48. The van der Waals surface area contributed by atoms with E-state index in [2.05, 4.69) is 18.7 Å². The summed E-state index contributed by atoms with van der Waals surface area (Å²) in [5, 5.41) is 0. The molecule has 2 fully saturated rings. The fourth-order valence-electron chi connectivity index (χ4n) is 4.87. The molecule has 0 aliphatic carbocycles. The molecule has 2 aliphatic rings. The number of ether oxygens (including phenoxy) is 1. The van der Waals surface area contributed by atoms with Crippen LogP contribution in [-0.2, 0) is 19.6 Å². The molecule has 3 unspecified atom stereocenters. The molecule has 2 heterocycles. The molecule has 7 nitrogen and oxygen atoms in total. The Morgan fingerprint density at radius 2 is 1.61 bits per heavy atom. The van der Waals surface area contributed by atoms with Crippen molar-refractivity contribution < 1.29 is 17.9 Å². The summed E-state index contributed by atoms with van der Waals surface area (Å²) in [7, 11) is -3.56. The number of amides is 1. The lowest BCUT2D eigenvalue weighted by Gasteiger charge is -2.44. The number of benzene rings is 1. The Bertz CT molecular complexity index is 884. The Balaban J connectivity index is 1.69. The zero-order valence-corrected chi connectivity index (χ0v) is 20.5. The van der Waals surface area contributed by atoms with E-state index in [0.717, 1.165) is 24.2 Å². The van der Waals surface area contributed by atoms with Crippen molar-refractivity contribution in [1.82, 2.24) is 14.1 Å². The van der Waals surface area contributed by atoms with Crippen LogP contribution in [0, 0.1) is 19.8 Å². The number of nitrogens with zero attached hydrogens (tertiary/aromatic N) is 3. The molecule has 3 rings (SSSR count). The summed E-state index contributed by atoms with van der Waals surface area (Å²) in [5.41, 5.74) is 1.80. The third-order valence-electron chi connectivity index (χ3n) is 6.22. The molecule has 1 aromatic rings. The van der Waals surface area contributed by atoms with E-state index < -0.39 is 10.0 Å². The van der Waals surface area contributed by atoms with Gasteiger partial charge >= 0.3 is 0 Å². The van der Waals surface area contributed by atoms with Crippen molar-refractivity contribution >= 4 is 15.9 Å². The maximum absolute atomic E-state index is 13.4. The van der Waals surface area contributed by atoms with E-state index in [4.69, 9.17) is 4.74 Å². The highest BCUT2D eigenvalue weighted by Gasteiger charge is 2.38. The summed E-state index contributed by atoms with van der Waals surface area (Å²) in [6.45, 7) is 15.0. The van der Waals surface area contributed by atoms with Gasteiger partial charge in [0.05, 0.1) is 23.1 Å². The van der Waals surface area contributed by atoms with Gasteiger partial charge in [-0.25, -0.2) is 8.42 Å². The molecular formula is C23H37N3O4S. The van der Waals surface area contributed by atoms with E-state index in [1.54, 1.807) is 6.07 Å². The molecule has 3 atom stereocenters. The van der Waals surface area contributed by atoms with Gasteiger partial charge in [-0.05, 0) is 45.2 Å². The highest BCUT2D eigenvalue weighted by atomic mass is 32.2. The molecule has 174 valence electrons. The molecule has 0 saturated carbocycles. The van der Waals surface area contributed by atoms with Crippen LogP contribution in [-0.4, -0.2) is 85.9 Å².